The average molecular weight is 821 g/mol. The molecule has 61 heavy (non-hydrogen) atoms. The van der Waals surface area contributed by atoms with Gasteiger partial charge < -0.3 is 40.1 Å². The van der Waals surface area contributed by atoms with E-state index < -0.39 is 29.9 Å². The van der Waals surface area contributed by atoms with Gasteiger partial charge in [-0.05, 0) is 33.4 Å². The van der Waals surface area contributed by atoms with E-state index >= 15 is 0 Å². The van der Waals surface area contributed by atoms with Gasteiger partial charge in [0, 0.05) is 48.2 Å². The zero-order valence-electron chi connectivity index (χ0n) is 33.5. The van der Waals surface area contributed by atoms with Crippen LogP contribution in [0.1, 0.15) is 61.6 Å². The van der Waals surface area contributed by atoms with Crippen LogP contribution in [0.3, 0.4) is 0 Å². The molecular formula is C50H48N2O9. The molecule has 0 spiro atoms. The maximum Gasteiger partial charge on any atom is 0.326 e. The lowest BCUT2D eigenvalue weighted by Gasteiger charge is -2.37. The van der Waals surface area contributed by atoms with Crippen molar-refractivity contribution < 1.29 is 44.3 Å². The molecule has 11 nitrogen and oxygen atoms in total. The van der Waals surface area contributed by atoms with E-state index in [-0.39, 0.29) is 38.7 Å². The van der Waals surface area contributed by atoms with Gasteiger partial charge in [-0.1, -0.05) is 146 Å². The highest BCUT2D eigenvalue weighted by atomic mass is 16.5. The minimum Gasteiger partial charge on any atom is -0.488 e. The first-order chi connectivity index (χ1) is 29.7. The van der Waals surface area contributed by atoms with E-state index in [1.807, 2.05) is 140 Å². The van der Waals surface area contributed by atoms with Crippen LogP contribution in [0.5, 0.6) is 11.5 Å². The van der Waals surface area contributed by atoms with Gasteiger partial charge in [0.1, 0.15) is 36.8 Å². The summed E-state index contributed by atoms with van der Waals surface area (Å²) in [6.45, 7) is 0.920. The summed E-state index contributed by atoms with van der Waals surface area (Å²) >= 11 is 0. The Morgan fingerprint density at radius 2 is 1.05 bits per heavy atom. The smallest absolute Gasteiger partial charge is 0.326 e. The molecule has 0 unspecified atom stereocenters. The maximum absolute atomic E-state index is 14.1. The molecule has 312 valence electrons. The number of rotatable bonds is 13. The zero-order chi connectivity index (χ0) is 42.7. The number of amides is 1. The number of aliphatic hydroxyl groups is 2. The van der Waals surface area contributed by atoms with E-state index in [0.717, 1.165) is 44.5 Å². The first-order valence-electron chi connectivity index (χ1n) is 20.2. The number of aliphatic hydroxyl groups excluding tert-OH is 2. The van der Waals surface area contributed by atoms with Crippen molar-refractivity contribution in [2.45, 2.75) is 70.4 Å². The van der Waals surface area contributed by atoms with E-state index in [9.17, 15) is 34.8 Å². The van der Waals surface area contributed by atoms with Crippen molar-refractivity contribution in [2.75, 3.05) is 0 Å². The Hall–Kier alpha value is -6.79. The Morgan fingerprint density at radius 1 is 0.590 bits per heavy atom. The number of fused-ring (bicyclic) bond motifs is 2. The molecule has 11 heteroatoms. The second-order valence-electron chi connectivity index (χ2n) is 15.0. The molecule has 1 amide bonds. The Kier molecular flexibility index (Phi) is 13.9. The molecule has 2 aliphatic rings. The summed E-state index contributed by atoms with van der Waals surface area (Å²) in [4.78, 5) is 39.4. The molecule has 0 radical (unpaired) electrons. The van der Waals surface area contributed by atoms with Crippen molar-refractivity contribution in [3.05, 3.63) is 201 Å². The van der Waals surface area contributed by atoms with Crippen molar-refractivity contribution in [1.82, 2.24) is 10.2 Å². The fraction of sp³-hybridized carbons (Fsp3) is 0.220. The van der Waals surface area contributed by atoms with Crippen LogP contribution in [0.25, 0.3) is 0 Å². The summed E-state index contributed by atoms with van der Waals surface area (Å²) in [5.41, 5.74) is 8.31. The summed E-state index contributed by atoms with van der Waals surface area (Å²) < 4.78 is 12.1. The number of carboxylic acids is 2. The van der Waals surface area contributed by atoms with Crippen LogP contribution in [0.2, 0.25) is 0 Å². The summed E-state index contributed by atoms with van der Waals surface area (Å²) in [5.74, 6) is -1.74. The maximum atomic E-state index is 14.1. The van der Waals surface area contributed by atoms with E-state index in [1.54, 1.807) is 6.07 Å². The first kappa shape index (κ1) is 42.3. The molecular weight excluding hydrogens is 773 g/mol. The zero-order valence-corrected chi connectivity index (χ0v) is 33.5. The van der Waals surface area contributed by atoms with Gasteiger partial charge in [0.05, 0.1) is 19.1 Å². The fourth-order valence-corrected chi connectivity index (χ4v) is 7.93. The molecule has 6 aromatic carbocycles. The van der Waals surface area contributed by atoms with Gasteiger partial charge in [-0.25, -0.2) is 4.79 Å². The highest BCUT2D eigenvalue weighted by molar-refractivity contribution is 5.91. The number of nitrogens with zero attached hydrogens (tertiary/aromatic N) is 1. The van der Waals surface area contributed by atoms with Crippen LogP contribution in [0.4, 0.5) is 0 Å². The van der Waals surface area contributed by atoms with Gasteiger partial charge in [-0.2, -0.15) is 0 Å². The SMILES string of the molecule is O=C(O)[C@@H]1Cc2c(ccc(CO)c2OCc2ccccc2)CN1.O=C(O)[C@@H]1Cc2c(ccc(CO)c2OCc2ccccc2)CN1C(=O)C(c1ccccc1)c1ccccc1. The molecule has 0 bridgehead atoms. The fourth-order valence-electron chi connectivity index (χ4n) is 7.93. The van der Waals surface area contributed by atoms with Gasteiger partial charge in [-0.3, -0.25) is 9.59 Å². The minimum absolute atomic E-state index is 0.0880. The van der Waals surface area contributed by atoms with Gasteiger partial charge >= 0.3 is 11.9 Å². The van der Waals surface area contributed by atoms with E-state index in [1.165, 1.54) is 4.90 Å². The normalized spacial score (nSPS) is 15.4. The van der Waals surface area contributed by atoms with E-state index in [4.69, 9.17) is 9.47 Å². The summed E-state index contributed by atoms with van der Waals surface area (Å²) in [6, 6.07) is 44.0. The van der Waals surface area contributed by atoms with Crippen LogP contribution in [0.15, 0.2) is 146 Å². The number of hydrogen-bond acceptors (Lipinski definition) is 8. The average Bonchev–Trinajstić information content (AvgIpc) is 3.30. The molecule has 0 aromatic heterocycles. The van der Waals surface area contributed by atoms with Crippen LogP contribution in [-0.4, -0.2) is 55.3 Å². The van der Waals surface area contributed by atoms with Crippen molar-refractivity contribution in [3.8, 4) is 11.5 Å². The van der Waals surface area contributed by atoms with Gasteiger partial charge in [-0.15, -0.1) is 0 Å². The van der Waals surface area contributed by atoms with Crippen LogP contribution in [-0.2, 0) is 66.7 Å². The third kappa shape index (κ3) is 9.99. The predicted molar refractivity (Wildman–Crippen MR) is 229 cm³/mol. The molecule has 2 aliphatic heterocycles. The van der Waals surface area contributed by atoms with Crippen molar-refractivity contribution in [3.63, 3.8) is 0 Å². The van der Waals surface area contributed by atoms with Crippen molar-refractivity contribution in [1.29, 1.82) is 0 Å². The quantitative estimate of drug-likeness (QED) is 0.0839. The van der Waals surface area contributed by atoms with Crippen LogP contribution < -0.4 is 14.8 Å². The number of carbonyl (C=O) groups excluding carboxylic acids is 1. The minimum atomic E-state index is -1.08. The van der Waals surface area contributed by atoms with E-state index in [2.05, 4.69) is 5.32 Å². The second kappa shape index (κ2) is 20.0. The standard InChI is InChI=1S/C32H29NO5.C18H19NO4/c34-20-26-17-16-25-19-33(31(35)29(23-12-6-2-7-13-23)24-14-8-3-9-15-24)28(32(36)37)18-27(25)30(26)38-21-22-10-4-1-5-11-22;20-10-14-7-6-13-9-19-16(18(21)22)8-15(13)17(14)23-11-12-4-2-1-3-5-12/h1-17,28-29,34H,18-21H2,(H,36,37);1-7,16,19-20H,8-11H2,(H,21,22)/t28-;16-/m00/s1. The molecule has 6 aromatic rings. The molecule has 0 aliphatic carbocycles. The van der Waals surface area contributed by atoms with Gasteiger partial charge in [0.25, 0.3) is 0 Å². The number of carbonyl (C=O) groups is 3. The predicted octanol–water partition coefficient (Wildman–Crippen LogP) is 6.78. The van der Waals surface area contributed by atoms with Crippen molar-refractivity contribution in [2.24, 2.45) is 0 Å². The summed E-state index contributed by atoms with van der Waals surface area (Å²) in [5, 5.41) is 42.1. The Labute approximate surface area is 354 Å². The van der Waals surface area contributed by atoms with Crippen molar-refractivity contribution >= 4 is 17.8 Å². The lowest BCUT2D eigenvalue weighted by atomic mass is 9.86. The van der Waals surface area contributed by atoms with Crippen LogP contribution >= 0.6 is 0 Å². The molecule has 0 saturated carbocycles. The molecule has 2 atom stereocenters. The molecule has 2 heterocycles. The van der Waals surface area contributed by atoms with Gasteiger partial charge in [0.15, 0.2) is 0 Å². The Bertz CT molecular complexity index is 2390. The highest BCUT2D eigenvalue weighted by Crippen LogP contribution is 2.38. The largest absolute Gasteiger partial charge is 0.488 e. The molecule has 8 rings (SSSR count). The third-order valence-corrected chi connectivity index (χ3v) is 11.1. The number of hydrogen-bond donors (Lipinski definition) is 5. The van der Waals surface area contributed by atoms with Crippen LogP contribution in [0, 0.1) is 0 Å². The first-order valence-corrected chi connectivity index (χ1v) is 20.2. The Balaban J connectivity index is 0.000000208. The lowest BCUT2D eigenvalue weighted by molar-refractivity contribution is -0.151. The van der Waals surface area contributed by atoms with E-state index in [0.29, 0.717) is 42.2 Å². The second-order valence-corrected chi connectivity index (χ2v) is 15.0. The molecule has 0 fully saturated rings. The summed E-state index contributed by atoms with van der Waals surface area (Å²) in [6.07, 6.45) is 0.438. The summed E-state index contributed by atoms with van der Waals surface area (Å²) in [7, 11) is 0. The number of benzene rings is 6. The number of aliphatic carboxylic acids is 2. The number of ether oxygens (including phenoxy) is 2. The number of nitrogens with one attached hydrogen (secondary N) is 1. The lowest BCUT2D eigenvalue weighted by Crippen LogP contribution is -2.50. The Morgan fingerprint density at radius 3 is 1.51 bits per heavy atom. The highest BCUT2D eigenvalue weighted by Gasteiger charge is 2.40. The number of carboxylic acid groups (broad SMARTS) is 2. The molecule has 5 N–H and O–H groups in total. The van der Waals surface area contributed by atoms with Gasteiger partial charge in [0.2, 0.25) is 5.91 Å². The molecule has 0 saturated heterocycles. The third-order valence-electron chi connectivity index (χ3n) is 11.1. The topological polar surface area (TPSA) is 166 Å². The monoisotopic (exact) mass is 820 g/mol.